The lowest BCUT2D eigenvalue weighted by Crippen LogP contribution is -2.73. The zero-order chi connectivity index (χ0) is 17.3. The Bertz CT molecular complexity index is 841. The molecule has 3 heterocycles. The lowest BCUT2D eigenvalue weighted by atomic mass is 9.55. The monoisotopic (exact) mass is 348 g/mol. The van der Waals surface area contributed by atoms with Crippen LogP contribution in [0.5, 0.6) is 0 Å². The van der Waals surface area contributed by atoms with Crippen molar-refractivity contribution in [1.29, 1.82) is 0 Å². The van der Waals surface area contributed by atoms with Crippen LogP contribution in [-0.2, 0) is 19.5 Å². The summed E-state index contributed by atoms with van der Waals surface area (Å²) in [6.45, 7) is 5.41. The summed E-state index contributed by atoms with van der Waals surface area (Å²) in [6, 6.07) is 13.1. The number of imidazole rings is 1. The standard InChI is InChI=1S/C22H28N4/c1-15-23-18-14-25(13-16-5-3-2-4-6-16)10-8-19(18)26(15)17-11-21-22(12-17)9-7-20(22)24-21/h2-6,17,20-21,24H,7-14H2,1H3. The molecule has 4 atom stereocenters. The number of piperidine rings is 1. The highest BCUT2D eigenvalue weighted by atomic mass is 15.2. The molecule has 1 saturated heterocycles. The summed E-state index contributed by atoms with van der Waals surface area (Å²) in [5.41, 5.74) is 4.92. The van der Waals surface area contributed by atoms with E-state index in [4.69, 9.17) is 4.98 Å². The van der Waals surface area contributed by atoms with Crippen molar-refractivity contribution < 1.29 is 0 Å². The number of hydrogen-bond acceptors (Lipinski definition) is 3. The second-order valence-electron chi connectivity index (χ2n) is 9.01. The Labute approximate surface area is 155 Å². The average molecular weight is 348 g/mol. The van der Waals surface area contributed by atoms with Crippen molar-refractivity contribution in [2.24, 2.45) is 5.41 Å². The van der Waals surface area contributed by atoms with Gasteiger partial charge in [-0.2, -0.15) is 0 Å². The Morgan fingerprint density at radius 2 is 2.12 bits per heavy atom. The highest BCUT2D eigenvalue weighted by molar-refractivity contribution is 5.26. The molecule has 2 saturated carbocycles. The summed E-state index contributed by atoms with van der Waals surface area (Å²) in [4.78, 5) is 7.57. The molecule has 136 valence electrons. The fourth-order valence-electron chi connectivity index (χ4n) is 6.37. The summed E-state index contributed by atoms with van der Waals surface area (Å²) in [5.74, 6) is 1.25. The van der Waals surface area contributed by atoms with Crippen molar-refractivity contribution in [1.82, 2.24) is 19.8 Å². The number of aryl methyl sites for hydroxylation is 1. The van der Waals surface area contributed by atoms with Crippen LogP contribution >= 0.6 is 0 Å². The Hall–Kier alpha value is -1.65. The van der Waals surface area contributed by atoms with Crippen LogP contribution in [0.4, 0.5) is 0 Å². The minimum Gasteiger partial charge on any atom is -0.329 e. The van der Waals surface area contributed by atoms with Gasteiger partial charge < -0.3 is 9.88 Å². The first kappa shape index (κ1) is 15.4. The summed E-state index contributed by atoms with van der Waals surface area (Å²) in [5, 5.41) is 3.82. The highest BCUT2D eigenvalue weighted by Gasteiger charge is 2.64. The van der Waals surface area contributed by atoms with Crippen molar-refractivity contribution in [2.75, 3.05) is 6.54 Å². The van der Waals surface area contributed by atoms with E-state index in [0.29, 0.717) is 11.5 Å². The van der Waals surface area contributed by atoms with E-state index in [-0.39, 0.29) is 0 Å². The van der Waals surface area contributed by atoms with Crippen molar-refractivity contribution in [3.05, 3.63) is 53.1 Å². The molecule has 2 aliphatic heterocycles. The third kappa shape index (κ3) is 2.06. The normalized spacial score (nSPS) is 35.2. The minimum atomic E-state index is 0.655. The fraction of sp³-hybridized carbons (Fsp3) is 0.591. The highest BCUT2D eigenvalue weighted by Crippen LogP contribution is 2.62. The lowest BCUT2D eigenvalue weighted by molar-refractivity contribution is -0.0573. The molecule has 0 bridgehead atoms. The molecule has 2 aromatic rings. The maximum atomic E-state index is 5.02. The number of nitrogens with one attached hydrogen (secondary N) is 1. The SMILES string of the molecule is Cc1nc2c(n1C1CC3NC4CCC43C1)CCN(Cc1ccccc1)C2. The predicted octanol–water partition coefficient (Wildman–Crippen LogP) is 3.21. The van der Waals surface area contributed by atoms with E-state index in [9.17, 15) is 0 Å². The molecule has 1 N–H and O–H groups in total. The second-order valence-corrected chi connectivity index (χ2v) is 9.01. The van der Waals surface area contributed by atoms with Crippen LogP contribution in [0.25, 0.3) is 0 Å². The van der Waals surface area contributed by atoms with Gasteiger partial charge in [-0.3, -0.25) is 4.90 Å². The molecular formula is C22H28N4. The molecule has 1 aromatic heterocycles. The van der Waals surface area contributed by atoms with Crippen LogP contribution in [-0.4, -0.2) is 33.1 Å². The second kappa shape index (κ2) is 5.43. The summed E-state index contributed by atoms with van der Waals surface area (Å²) >= 11 is 0. The topological polar surface area (TPSA) is 33.1 Å². The number of fused-ring (bicyclic) bond motifs is 1. The van der Waals surface area contributed by atoms with E-state index in [2.05, 4.69) is 52.0 Å². The van der Waals surface area contributed by atoms with Gasteiger partial charge in [0, 0.05) is 55.3 Å². The summed E-state index contributed by atoms with van der Waals surface area (Å²) in [7, 11) is 0. The molecule has 26 heavy (non-hydrogen) atoms. The van der Waals surface area contributed by atoms with Crippen molar-refractivity contribution in [3.8, 4) is 0 Å². The quantitative estimate of drug-likeness (QED) is 0.925. The Morgan fingerprint density at radius 3 is 2.85 bits per heavy atom. The van der Waals surface area contributed by atoms with Crippen LogP contribution in [0.2, 0.25) is 0 Å². The molecule has 0 radical (unpaired) electrons. The van der Waals surface area contributed by atoms with Gasteiger partial charge in [0.25, 0.3) is 0 Å². The molecule has 3 fully saturated rings. The Kier molecular flexibility index (Phi) is 3.22. The van der Waals surface area contributed by atoms with E-state index in [1.54, 1.807) is 0 Å². The van der Waals surface area contributed by atoms with Gasteiger partial charge >= 0.3 is 0 Å². The van der Waals surface area contributed by atoms with Gasteiger partial charge in [0.1, 0.15) is 5.82 Å². The summed E-state index contributed by atoms with van der Waals surface area (Å²) in [6.07, 6.45) is 6.69. The van der Waals surface area contributed by atoms with E-state index < -0.39 is 0 Å². The predicted molar refractivity (Wildman–Crippen MR) is 102 cm³/mol. The fourth-order valence-corrected chi connectivity index (χ4v) is 6.37. The zero-order valence-corrected chi connectivity index (χ0v) is 15.6. The first-order chi connectivity index (χ1) is 12.7. The van der Waals surface area contributed by atoms with Crippen LogP contribution in [0.3, 0.4) is 0 Å². The molecular weight excluding hydrogens is 320 g/mol. The van der Waals surface area contributed by atoms with Gasteiger partial charge in [-0.25, -0.2) is 4.98 Å². The minimum absolute atomic E-state index is 0.655. The van der Waals surface area contributed by atoms with Crippen molar-refractivity contribution >= 4 is 0 Å². The molecule has 2 aliphatic carbocycles. The first-order valence-corrected chi connectivity index (χ1v) is 10.3. The number of hydrogen-bond donors (Lipinski definition) is 1. The molecule has 4 aliphatic rings. The largest absolute Gasteiger partial charge is 0.329 e. The first-order valence-electron chi connectivity index (χ1n) is 10.3. The van der Waals surface area contributed by atoms with Gasteiger partial charge in [-0.1, -0.05) is 30.3 Å². The van der Waals surface area contributed by atoms with Crippen LogP contribution in [0, 0.1) is 12.3 Å². The molecule has 6 rings (SSSR count). The van der Waals surface area contributed by atoms with Gasteiger partial charge in [-0.15, -0.1) is 0 Å². The Balaban J connectivity index is 1.23. The van der Waals surface area contributed by atoms with Gasteiger partial charge in [0.2, 0.25) is 0 Å². The maximum absolute atomic E-state index is 5.02. The molecule has 1 aromatic carbocycles. The smallest absolute Gasteiger partial charge is 0.106 e. The number of benzene rings is 1. The lowest BCUT2D eigenvalue weighted by Gasteiger charge is -2.62. The summed E-state index contributed by atoms with van der Waals surface area (Å²) < 4.78 is 2.64. The third-order valence-electron chi connectivity index (χ3n) is 7.73. The molecule has 1 spiro atoms. The van der Waals surface area contributed by atoms with E-state index in [1.807, 2.05) is 0 Å². The van der Waals surface area contributed by atoms with E-state index in [1.165, 1.54) is 48.5 Å². The number of nitrogens with zero attached hydrogens (tertiary/aromatic N) is 3. The Morgan fingerprint density at radius 1 is 1.23 bits per heavy atom. The molecule has 0 amide bonds. The number of aromatic nitrogens is 2. The van der Waals surface area contributed by atoms with Crippen LogP contribution in [0.15, 0.2) is 30.3 Å². The van der Waals surface area contributed by atoms with Gasteiger partial charge in [-0.05, 0) is 38.2 Å². The third-order valence-corrected chi connectivity index (χ3v) is 7.73. The van der Waals surface area contributed by atoms with Crippen molar-refractivity contribution in [2.45, 2.75) is 70.2 Å². The number of rotatable bonds is 3. The molecule has 4 heteroatoms. The van der Waals surface area contributed by atoms with Crippen molar-refractivity contribution in [3.63, 3.8) is 0 Å². The maximum Gasteiger partial charge on any atom is 0.106 e. The van der Waals surface area contributed by atoms with Crippen LogP contribution in [0.1, 0.15) is 54.5 Å². The average Bonchev–Trinajstić information content (AvgIpc) is 3.16. The zero-order valence-electron chi connectivity index (χ0n) is 15.6. The molecule has 4 nitrogen and oxygen atoms in total. The van der Waals surface area contributed by atoms with E-state index in [0.717, 1.165) is 38.1 Å². The van der Waals surface area contributed by atoms with E-state index >= 15 is 0 Å². The molecule has 4 unspecified atom stereocenters. The van der Waals surface area contributed by atoms with Crippen LogP contribution < -0.4 is 5.32 Å². The van der Waals surface area contributed by atoms with Gasteiger partial charge in [0.05, 0.1) is 5.69 Å². The van der Waals surface area contributed by atoms with Gasteiger partial charge in [0.15, 0.2) is 0 Å².